The van der Waals surface area contributed by atoms with Crippen molar-refractivity contribution in [2.45, 2.75) is 6.92 Å². The number of nitrogens with two attached hydrogens (primary N) is 1. The molecule has 0 unspecified atom stereocenters. The Labute approximate surface area is 113 Å². The molecule has 0 spiro atoms. The predicted molar refractivity (Wildman–Crippen MR) is 75.4 cm³/mol. The van der Waals surface area contributed by atoms with Gasteiger partial charge in [0.05, 0.1) is 12.3 Å². The quantitative estimate of drug-likeness (QED) is 0.828. The summed E-state index contributed by atoms with van der Waals surface area (Å²) in [5, 5.41) is 0. The van der Waals surface area contributed by atoms with Crippen LogP contribution in [-0.4, -0.2) is 55.5 Å². The van der Waals surface area contributed by atoms with Crippen LogP contribution in [0.25, 0.3) is 0 Å². The molecule has 0 radical (unpaired) electrons. The van der Waals surface area contributed by atoms with E-state index in [4.69, 9.17) is 10.5 Å². The summed E-state index contributed by atoms with van der Waals surface area (Å²) in [7, 11) is 2.07. The van der Waals surface area contributed by atoms with Gasteiger partial charge >= 0.3 is 0 Å². The highest BCUT2D eigenvalue weighted by atomic mass is 16.5. The fraction of sp³-hybridized carbons (Fsp3) is 0.500. The van der Waals surface area contributed by atoms with Gasteiger partial charge in [-0.3, -0.25) is 4.79 Å². The van der Waals surface area contributed by atoms with Gasteiger partial charge in [0.15, 0.2) is 0 Å². The summed E-state index contributed by atoms with van der Waals surface area (Å²) in [6.07, 6.45) is 0. The van der Waals surface area contributed by atoms with Gasteiger partial charge in [-0.2, -0.15) is 0 Å². The predicted octanol–water partition coefficient (Wildman–Crippen LogP) is 1.06. The molecule has 19 heavy (non-hydrogen) atoms. The molecule has 1 aromatic carbocycles. The number of likely N-dealkylation sites (N-methyl/N-ethyl adjacent to an activating group) is 1. The number of carbonyl (C=O) groups is 1. The Morgan fingerprint density at radius 2 is 2.00 bits per heavy atom. The van der Waals surface area contributed by atoms with Crippen molar-refractivity contribution in [3.8, 4) is 5.75 Å². The van der Waals surface area contributed by atoms with E-state index in [2.05, 4.69) is 11.9 Å². The van der Waals surface area contributed by atoms with E-state index in [1.165, 1.54) is 0 Å². The summed E-state index contributed by atoms with van der Waals surface area (Å²) in [4.78, 5) is 16.4. The summed E-state index contributed by atoms with van der Waals surface area (Å²) >= 11 is 0. The summed E-state index contributed by atoms with van der Waals surface area (Å²) in [5.41, 5.74) is 7.04. The van der Waals surface area contributed by atoms with Crippen LogP contribution in [0, 0.1) is 0 Å². The molecular formula is C14H21N3O2. The van der Waals surface area contributed by atoms with Gasteiger partial charge in [0.25, 0.3) is 5.91 Å². The molecule has 2 rings (SSSR count). The van der Waals surface area contributed by atoms with Crippen molar-refractivity contribution in [2.24, 2.45) is 0 Å². The maximum absolute atomic E-state index is 12.3. The maximum atomic E-state index is 12.3. The van der Waals surface area contributed by atoms with Crippen molar-refractivity contribution in [1.82, 2.24) is 9.80 Å². The largest absolute Gasteiger partial charge is 0.492 e. The molecule has 0 bridgehead atoms. The number of benzene rings is 1. The van der Waals surface area contributed by atoms with Crippen LogP contribution in [0.15, 0.2) is 18.2 Å². The van der Waals surface area contributed by atoms with Crippen LogP contribution in [0.2, 0.25) is 0 Å². The topological polar surface area (TPSA) is 58.8 Å². The third kappa shape index (κ3) is 3.17. The highest BCUT2D eigenvalue weighted by molar-refractivity contribution is 5.95. The lowest BCUT2D eigenvalue weighted by molar-refractivity contribution is 0.0664. The molecule has 104 valence electrons. The molecule has 1 aromatic rings. The zero-order valence-electron chi connectivity index (χ0n) is 11.6. The maximum Gasteiger partial charge on any atom is 0.254 e. The first-order valence-electron chi connectivity index (χ1n) is 6.62. The van der Waals surface area contributed by atoms with Crippen molar-refractivity contribution in [3.63, 3.8) is 0 Å². The van der Waals surface area contributed by atoms with E-state index in [9.17, 15) is 4.79 Å². The number of carbonyl (C=O) groups excluding carboxylic acids is 1. The molecule has 1 saturated heterocycles. The average molecular weight is 263 g/mol. The van der Waals surface area contributed by atoms with E-state index in [0.717, 1.165) is 26.2 Å². The summed E-state index contributed by atoms with van der Waals surface area (Å²) in [6, 6.07) is 5.25. The number of amides is 1. The van der Waals surface area contributed by atoms with Crippen LogP contribution in [-0.2, 0) is 0 Å². The van der Waals surface area contributed by atoms with E-state index in [0.29, 0.717) is 23.6 Å². The summed E-state index contributed by atoms with van der Waals surface area (Å²) in [6.45, 7) is 5.83. The van der Waals surface area contributed by atoms with Gasteiger partial charge in [0, 0.05) is 31.7 Å². The van der Waals surface area contributed by atoms with Gasteiger partial charge in [0.2, 0.25) is 0 Å². The standard InChI is InChI=1S/C14H21N3O2/c1-3-19-13-5-4-11(10-12(13)15)14(18)17-8-6-16(2)7-9-17/h4-5,10H,3,6-9,15H2,1-2H3. The molecule has 2 N–H and O–H groups in total. The van der Waals surface area contributed by atoms with Crippen molar-refractivity contribution in [3.05, 3.63) is 23.8 Å². The Kier molecular flexibility index (Phi) is 4.27. The number of hydrogen-bond donors (Lipinski definition) is 1. The number of anilines is 1. The van der Waals surface area contributed by atoms with E-state index in [1.54, 1.807) is 18.2 Å². The minimum absolute atomic E-state index is 0.0443. The van der Waals surface area contributed by atoms with Gasteiger partial charge in [-0.05, 0) is 32.2 Å². The average Bonchev–Trinajstić information content (AvgIpc) is 2.41. The van der Waals surface area contributed by atoms with Crippen molar-refractivity contribution >= 4 is 11.6 Å². The smallest absolute Gasteiger partial charge is 0.254 e. The van der Waals surface area contributed by atoms with Gasteiger partial charge in [-0.15, -0.1) is 0 Å². The Morgan fingerprint density at radius 3 is 2.58 bits per heavy atom. The van der Waals surface area contributed by atoms with Crippen LogP contribution < -0.4 is 10.5 Å². The fourth-order valence-corrected chi connectivity index (χ4v) is 2.16. The first kappa shape index (κ1) is 13.7. The second-order valence-corrected chi connectivity index (χ2v) is 4.78. The lowest BCUT2D eigenvalue weighted by atomic mass is 10.1. The number of nitrogen functional groups attached to an aromatic ring is 1. The molecule has 1 aliphatic heterocycles. The van der Waals surface area contributed by atoms with Gasteiger partial charge in [-0.1, -0.05) is 0 Å². The normalized spacial score (nSPS) is 16.4. The zero-order valence-corrected chi connectivity index (χ0v) is 11.6. The van der Waals surface area contributed by atoms with Crippen LogP contribution in [0.5, 0.6) is 5.75 Å². The molecule has 0 atom stereocenters. The van der Waals surface area contributed by atoms with Crippen molar-refractivity contribution in [1.29, 1.82) is 0 Å². The molecular weight excluding hydrogens is 242 g/mol. The van der Waals surface area contributed by atoms with E-state index in [1.807, 2.05) is 11.8 Å². The van der Waals surface area contributed by atoms with Gasteiger partial charge in [-0.25, -0.2) is 0 Å². The highest BCUT2D eigenvalue weighted by Gasteiger charge is 2.20. The van der Waals surface area contributed by atoms with E-state index >= 15 is 0 Å². The Morgan fingerprint density at radius 1 is 1.32 bits per heavy atom. The molecule has 0 saturated carbocycles. The third-order valence-electron chi connectivity index (χ3n) is 3.35. The summed E-state index contributed by atoms with van der Waals surface area (Å²) < 4.78 is 5.37. The molecule has 0 aromatic heterocycles. The summed E-state index contributed by atoms with van der Waals surface area (Å²) in [5.74, 6) is 0.681. The second-order valence-electron chi connectivity index (χ2n) is 4.78. The van der Waals surface area contributed by atoms with Crippen LogP contribution in [0.1, 0.15) is 17.3 Å². The minimum Gasteiger partial charge on any atom is -0.492 e. The number of rotatable bonds is 3. The Balaban J connectivity index is 2.09. The molecule has 1 fully saturated rings. The van der Waals surface area contributed by atoms with Gasteiger partial charge in [0.1, 0.15) is 5.75 Å². The van der Waals surface area contributed by atoms with Crippen LogP contribution in [0.4, 0.5) is 5.69 Å². The highest BCUT2D eigenvalue weighted by Crippen LogP contribution is 2.23. The lowest BCUT2D eigenvalue weighted by Crippen LogP contribution is -2.47. The first-order valence-corrected chi connectivity index (χ1v) is 6.62. The molecule has 1 amide bonds. The lowest BCUT2D eigenvalue weighted by Gasteiger charge is -2.32. The second kappa shape index (κ2) is 5.93. The molecule has 1 heterocycles. The monoisotopic (exact) mass is 263 g/mol. The van der Waals surface area contributed by atoms with E-state index < -0.39 is 0 Å². The first-order chi connectivity index (χ1) is 9.11. The van der Waals surface area contributed by atoms with Crippen LogP contribution >= 0.6 is 0 Å². The van der Waals surface area contributed by atoms with Crippen LogP contribution in [0.3, 0.4) is 0 Å². The zero-order chi connectivity index (χ0) is 13.8. The van der Waals surface area contributed by atoms with Crippen molar-refractivity contribution < 1.29 is 9.53 Å². The SMILES string of the molecule is CCOc1ccc(C(=O)N2CCN(C)CC2)cc1N. The Hall–Kier alpha value is -1.75. The number of ether oxygens (including phenoxy) is 1. The van der Waals surface area contributed by atoms with Crippen molar-refractivity contribution in [2.75, 3.05) is 45.6 Å². The number of nitrogens with zero attached hydrogens (tertiary/aromatic N) is 2. The molecule has 1 aliphatic rings. The number of piperazine rings is 1. The molecule has 0 aliphatic carbocycles. The fourth-order valence-electron chi connectivity index (χ4n) is 2.16. The molecule has 5 nitrogen and oxygen atoms in total. The third-order valence-corrected chi connectivity index (χ3v) is 3.35. The Bertz CT molecular complexity index is 454. The van der Waals surface area contributed by atoms with Gasteiger partial charge < -0.3 is 20.3 Å². The van der Waals surface area contributed by atoms with E-state index in [-0.39, 0.29) is 5.91 Å². The molecule has 5 heteroatoms. The minimum atomic E-state index is 0.0443. The number of hydrogen-bond acceptors (Lipinski definition) is 4.